The van der Waals surface area contributed by atoms with Gasteiger partial charge in [-0.1, -0.05) is 0 Å². The average molecular weight is 235 g/mol. The number of alkyl halides is 3. The fraction of sp³-hybridized carbons (Fsp3) is 0.500. The highest BCUT2D eigenvalue weighted by Crippen LogP contribution is 2.29. The van der Waals surface area contributed by atoms with Crippen LogP contribution in [0.1, 0.15) is 5.69 Å². The summed E-state index contributed by atoms with van der Waals surface area (Å²) in [5, 5.41) is 3.96. The number of nitrogens with one attached hydrogen (secondary N) is 2. The molecule has 1 heterocycles. The van der Waals surface area contributed by atoms with Crippen LogP contribution in [0.25, 0.3) is 0 Å². The molecule has 1 rings (SSSR count). The van der Waals surface area contributed by atoms with Crippen molar-refractivity contribution < 1.29 is 13.2 Å². The summed E-state index contributed by atoms with van der Waals surface area (Å²) in [6, 6.07) is 0.848. The molecule has 90 valence electrons. The number of hydrazine groups is 1. The molecular formula is C8H12F3N5. The predicted molar refractivity (Wildman–Crippen MR) is 53.9 cm³/mol. The monoisotopic (exact) mass is 235 g/mol. The van der Waals surface area contributed by atoms with Gasteiger partial charge in [0.15, 0.2) is 5.69 Å². The van der Waals surface area contributed by atoms with E-state index in [1.807, 2.05) is 0 Å². The van der Waals surface area contributed by atoms with Crippen LogP contribution in [0.4, 0.5) is 24.9 Å². The highest BCUT2D eigenvalue weighted by molar-refractivity contribution is 5.42. The summed E-state index contributed by atoms with van der Waals surface area (Å²) in [7, 11) is 4.75. The normalized spacial score (nSPS) is 11.7. The Morgan fingerprint density at radius 1 is 1.25 bits per heavy atom. The van der Waals surface area contributed by atoms with Crippen LogP contribution in [0.15, 0.2) is 6.07 Å². The first-order chi connectivity index (χ1) is 7.32. The third kappa shape index (κ3) is 3.23. The van der Waals surface area contributed by atoms with Crippen LogP contribution in [0.3, 0.4) is 0 Å². The molecule has 1 aromatic heterocycles. The van der Waals surface area contributed by atoms with Crippen LogP contribution in [0.2, 0.25) is 0 Å². The molecule has 1 aromatic rings. The number of anilines is 2. The minimum absolute atomic E-state index is 0.0803. The van der Waals surface area contributed by atoms with Crippen molar-refractivity contribution in [2.45, 2.75) is 6.18 Å². The molecule has 0 bridgehead atoms. The van der Waals surface area contributed by atoms with E-state index in [0.29, 0.717) is 0 Å². The maximum absolute atomic E-state index is 12.5. The van der Waals surface area contributed by atoms with Crippen LogP contribution in [0.5, 0.6) is 0 Å². The fourth-order valence-corrected chi connectivity index (χ4v) is 0.991. The summed E-state index contributed by atoms with van der Waals surface area (Å²) in [6.45, 7) is 0. The average Bonchev–Trinajstić information content (AvgIpc) is 2.14. The zero-order valence-electron chi connectivity index (χ0n) is 9.05. The summed E-state index contributed by atoms with van der Waals surface area (Å²) in [5.41, 5.74) is 1.64. The third-order valence-electron chi connectivity index (χ3n) is 1.58. The van der Waals surface area contributed by atoms with E-state index in [2.05, 4.69) is 20.7 Å². The van der Waals surface area contributed by atoms with Crippen molar-refractivity contribution in [3.05, 3.63) is 11.8 Å². The van der Waals surface area contributed by atoms with Crippen LogP contribution in [-0.4, -0.2) is 36.1 Å². The minimum atomic E-state index is -4.49. The number of aromatic nitrogens is 2. The van der Waals surface area contributed by atoms with Crippen LogP contribution < -0.4 is 10.7 Å². The van der Waals surface area contributed by atoms with Crippen molar-refractivity contribution in [3.63, 3.8) is 0 Å². The highest BCUT2D eigenvalue weighted by atomic mass is 19.4. The molecule has 0 atom stereocenters. The number of rotatable bonds is 3. The molecule has 0 aromatic carbocycles. The van der Waals surface area contributed by atoms with Gasteiger partial charge in [-0.15, -0.1) is 0 Å². The molecule has 0 spiro atoms. The SMILES string of the molecule is CNc1nc(NN(C)C)cc(C(F)(F)F)n1. The Balaban J connectivity index is 3.11. The molecule has 0 fully saturated rings. The third-order valence-corrected chi connectivity index (χ3v) is 1.58. The summed E-state index contributed by atoms with van der Waals surface area (Å²) < 4.78 is 37.4. The second kappa shape index (κ2) is 4.52. The van der Waals surface area contributed by atoms with Crippen LogP contribution in [0, 0.1) is 0 Å². The van der Waals surface area contributed by atoms with E-state index >= 15 is 0 Å². The lowest BCUT2D eigenvalue weighted by molar-refractivity contribution is -0.141. The van der Waals surface area contributed by atoms with Gasteiger partial charge >= 0.3 is 6.18 Å². The lowest BCUT2D eigenvalue weighted by Gasteiger charge is -2.15. The molecule has 0 aliphatic heterocycles. The summed E-state index contributed by atoms with van der Waals surface area (Å²) in [6.07, 6.45) is -4.49. The van der Waals surface area contributed by atoms with Crippen molar-refractivity contribution in [1.82, 2.24) is 15.0 Å². The molecule has 8 heteroatoms. The van der Waals surface area contributed by atoms with Gasteiger partial charge in [-0.3, -0.25) is 0 Å². The van der Waals surface area contributed by atoms with E-state index in [1.54, 1.807) is 14.1 Å². The Labute approximate surface area is 90.7 Å². The maximum Gasteiger partial charge on any atom is 0.433 e. The van der Waals surface area contributed by atoms with E-state index in [4.69, 9.17) is 0 Å². The van der Waals surface area contributed by atoms with Crippen molar-refractivity contribution in [1.29, 1.82) is 0 Å². The maximum atomic E-state index is 12.5. The summed E-state index contributed by atoms with van der Waals surface area (Å²) in [5.74, 6) is -0.00384. The second-order valence-corrected chi connectivity index (χ2v) is 3.22. The number of hydrogen-bond donors (Lipinski definition) is 2. The van der Waals surface area contributed by atoms with E-state index in [-0.39, 0.29) is 11.8 Å². The van der Waals surface area contributed by atoms with Gasteiger partial charge in [0.1, 0.15) is 5.82 Å². The van der Waals surface area contributed by atoms with Gasteiger partial charge in [0, 0.05) is 27.2 Å². The van der Waals surface area contributed by atoms with E-state index in [1.165, 1.54) is 12.1 Å². The molecule has 0 saturated carbocycles. The molecule has 5 nitrogen and oxygen atoms in total. The van der Waals surface area contributed by atoms with Gasteiger partial charge in [-0.2, -0.15) is 18.2 Å². The highest BCUT2D eigenvalue weighted by Gasteiger charge is 2.33. The lowest BCUT2D eigenvalue weighted by atomic mass is 10.4. The molecule has 0 aliphatic rings. The van der Waals surface area contributed by atoms with Gasteiger partial charge < -0.3 is 10.7 Å². The van der Waals surface area contributed by atoms with E-state index < -0.39 is 11.9 Å². The van der Waals surface area contributed by atoms with Gasteiger partial charge in [0.25, 0.3) is 0 Å². The second-order valence-electron chi connectivity index (χ2n) is 3.22. The first-order valence-electron chi connectivity index (χ1n) is 4.41. The zero-order valence-corrected chi connectivity index (χ0v) is 9.05. The molecule has 0 amide bonds. The molecule has 0 radical (unpaired) electrons. The smallest absolute Gasteiger partial charge is 0.357 e. The minimum Gasteiger partial charge on any atom is -0.357 e. The Bertz CT molecular complexity index is 363. The van der Waals surface area contributed by atoms with Crippen molar-refractivity contribution >= 4 is 11.8 Å². The molecule has 0 saturated heterocycles. The Hall–Kier alpha value is -1.57. The fourth-order valence-electron chi connectivity index (χ4n) is 0.991. The van der Waals surface area contributed by atoms with E-state index in [9.17, 15) is 13.2 Å². The Kier molecular flexibility index (Phi) is 3.53. The van der Waals surface area contributed by atoms with Gasteiger partial charge in [-0.05, 0) is 0 Å². The predicted octanol–water partition coefficient (Wildman–Crippen LogP) is 1.43. The van der Waals surface area contributed by atoms with Gasteiger partial charge in [0.05, 0.1) is 0 Å². The summed E-state index contributed by atoms with van der Waals surface area (Å²) >= 11 is 0. The van der Waals surface area contributed by atoms with Crippen LogP contribution >= 0.6 is 0 Å². The molecule has 0 unspecified atom stereocenters. The number of nitrogens with zero attached hydrogens (tertiary/aromatic N) is 3. The Morgan fingerprint density at radius 3 is 2.31 bits per heavy atom. The zero-order chi connectivity index (χ0) is 12.3. The van der Waals surface area contributed by atoms with Crippen molar-refractivity contribution in [2.24, 2.45) is 0 Å². The molecule has 0 aliphatic carbocycles. The van der Waals surface area contributed by atoms with Crippen molar-refractivity contribution in [2.75, 3.05) is 31.9 Å². The Morgan fingerprint density at radius 2 is 1.88 bits per heavy atom. The first kappa shape index (κ1) is 12.5. The van der Waals surface area contributed by atoms with Crippen LogP contribution in [-0.2, 0) is 6.18 Å². The number of hydrogen-bond acceptors (Lipinski definition) is 5. The standard InChI is InChI=1S/C8H12F3N5/c1-12-7-13-5(8(9,10)11)4-6(14-7)15-16(2)3/h4H,1-3H3,(H2,12,13,14,15). The number of halogens is 3. The molecule has 16 heavy (non-hydrogen) atoms. The largest absolute Gasteiger partial charge is 0.433 e. The quantitative estimate of drug-likeness (QED) is 0.776. The lowest BCUT2D eigenvalue weighted by Crippen LogP contribution is -2.22. The molecular weight excluding hydrogens is 223 g/mol. The van der Waals surface area contributed by atoms with Gasteiger partial charge in [0.2, 0.25) is 5.95 Å². The topological polar surface area (TPSA) is 53.1 Å². The molecule has 2 N–H and O–H groups in total. The first-order valence-corrected chi connectivity index (χ1v) is 4.41. The van der Waals surface area contributed by atoms with Crippen molar-refractivity contribution in [3.8, 4) is 0 Å². The van der Waals surface area contributed by atoms with E-state index in [0.717, 1.165) is 6.07 Å². The summed E-state index contributed by atoms with van der Waals surface area (Å²) in [4.78, 5) is 7.16. The van der Waals surface area contributed by atoms with Gasteiger partial charge in [-0.25, -0.2) is 9.99 Å².